The smallest absolute Gasteiger partial charge is 0.226 e. The van der Waals surface area contributed by atoms with Crippen molar-refractivity contribution in [3.05, 3.63) is 35.6 Å². The molecular weight excluding hydrogens is 271 g/mol. The summed E-state index contributed by atoms with van der Waals surface area (Å²) in [6.07, 6.45) is 1.58. The van der Waals surface area contributed by atoms with E-state index >= 15 is 0 Å². The van der Waals surface area contributed by atoms with Crippen molar-refractivity contribution in [1.82, 2.24) is 10.2 Å². The van der Waals surface area contributed by atoms with Crippen LogP contribution in [0.1, 0.15) is 25.3 Å². The molecule has 1 aromatic carbocycles. The Morgan fingerprint density at radius 2 is 2.29 bits per heavy atom. The molecular formula is C16H19FN2O2. The van der Waals surface area contributed by atoms with Crippen LogP contribution >= 0.6 is 0 Å². The zero-order chi connectivity index (χ0) is 15.0. The molecule has 112 valence electrons. The van der Waals surface area contributed by atoms with Gasteiger partial charge in [-0.05, 0) is 36.5 Å². The molecule has 3 rings (SSSR count). The molecule has 2 fully saturated rings. The number of hydrogen-bond donors (Lipinski definition) is 1. The minimum atomic E-state index is -0.293. The molecule has 1 heterocycles. The van der Waals surface area contributed by atoms with Crippen molar-refractivity contribution in [3.8, 4) is 0 Å². The third kappa shape index (κ3) is 2.64. The van der Waals surface area contributed by atoms with Crippen molar-refractivity contribution < 1.29 is 14.0 Å². The fourth-order valence-corrected chi connectivity index (χ4v) is 3.30. The van der Waals surface area contributed by atoms with Crippen LogP contribution in [0, 0.1) is 17.2 Å². The minimum absolute atomic E-state index is 0.0416. The molecule has 21 heavy (non-hydrogen) atoms. The van der Waals surface area contributed by atoms with E-state index in [2.05, 4.69) is 5.32 Å². The maximum atomic E-state index is 13.1. The lowest BCUT2D eigenvalue weighted by molar-refractivity contribution is -0.134. The van der Waals surface area contributed by atoms with Gasteiger partial charge in [-0.25, -0.2) is 4.39 Å². The van der Waals surface area contributed by atoms with E-state index < -0.39 is 0 Å². The Morgan fingerprint density at radius 3 is 2.95 bits per heavy atom. The molecule has 4 nitrogen and oxygen atoms in total. The zero-order valence-corrected chi connectivity index (χ0v) is 12.1. The van der Waals surface area contributed by atoms with Crippen molar-refractivity contribution in [3.63, 3.8) is 0 Å². The number of halogens is 1. The summed E-state index contributed by atoms with van der Waals surface area (Å²) in [5.74, 6) is 0.109. The largest absolute Gasteiger partial charge is 0.352 e. The number of piperidine rings is 1. The van der Waals surface area contributed by atoms with Gasteiger partial charge in [0.2, 0.25) is 11.8 Å². The van der Waals surface area contributed by atoms with Gasteiger partial charge in [-0.1, -0.05) is 12.1 Å². The van der Waals surface area contributed by atoms with Crippen molar-refractivity contribution in [2.75, 3.05) is 13.1 Å². The zero-order valence-electron chi connectivity index (χ0n) is 12.1. The Balaban J connectivity index is 1.57. The highest BCUT2D eigenvalue weighted by Crippen LogP contribution is 2.58. The summed E-state index contributed by atoms with van der Waals surface area (Å²) in [6.45, 7) is 3.25. The van der Waals surface area contributed by atoms with Gasteiger partial charge in [0.05, 0.1) is 5.41 Å². The lowest BCUT2D eigenvalue weighted by atomic mass is 9.94. The van der Waals surface area contributed by atoms with E-state index in [0.717, 1.165) is 18.4 Å². The quantitative estimate of drug-likeness (QED) is 0.921. The molecule has 0 unspecified atom stereocenters. The lowest BCUT2D eigenvalue weighted by Crippen LogP contribution is -2.43. The molecule has 0 spiro atoms. The van der Waals surface area contributed by atoms with Gasteiger partial charge in [-0.3, -0.25) is 9.59 Å². The number of carbonyl (C=O) groups excluding carboxylic acids is 2. The van der Waals surface area contributed by atoms with Crippen LogP contribution < -0.4 is 5.32 Å². The number of amides is 2. The third-order valence-corrected chi connectivity index (χ3v) is 4.74. The number of fused-ring (bicyclic) bond motifs is 1. The number of hydrogen-bond acceptors (Lipinski definition) is 2. The van der Waals surface area contributed by atoms with Crippen LogP contribution in [0.3, 0.4) is 0 Å². The number of likely N-dealkylation sites (tertiary alicyclic amines) is 1. The predicted octanol–water partition coefficient (Wildman–Crippen LogP) is 1.70. The van der Waals surface area contributed by atoms with E-state index in [0.29, 0.717) is 19.6 Å². The summed E-state index contributed by atoms with van der Waals surface area (Å²) in [6, 6.07) is 6.25. The molecule has 0 radical (unpaired) electrons. The fourth-order valence-electron chi connectivity index (χ4n) is 3.30. The van der Waals surface area contributed by atoms with Crippen molar-refractivity contribution in [2.45, 2.75) is 26.3 Å². The normalized spacial score (nSPS) is 27.0. The molecule has 2 amide bonds. The second-order valence-corrected chi connectivity index (χ2v) is 6.08. The summed E-state index contributed by atoms with van der Waals surface area (Å²) in [5, 5.41) is 2.91. The second-order valence-electron chi connectivity index (χ2n) is 6.08. The maximum Gasteiger partial charge on any atom is 0.226 e. The monoisotopic (exact) mass is 290 g/mol. The summed E-state index contributed by atoms with van der Waals surface area (Å²) in [7, 11) is 0. The van der Waals surface area contributed by atoms with Gasteiger partial charge < -0.3 is 10.2 Å². The van der Waals surface area contributed by atoms with Crippen LogP contribution in [0.4, 0.5) is 4.39 Å². The fraction of sp³-hybridized carbons (Fsp3) is 0.500. The van der Waals surface area contributed by atoms with E-state index in [4.69, 9.17) is 0 Å². The van der Waals surface area contributed by atoms with Gasteiger partial charge >= 0.3 is 0 Å². The van der Waals surface area contributed by atoms with E-state index in [1.807, 2.05) is 4.90 Å². The average Bonchev–Trinajstić information content (AvgIpc) is 3.19. The van der Waals surface area contributed by atoms with Crippen LogP contribution in [0.5, 0.6) is 0 Å². The second kappa shape index (κ2) is 5.13. The highest BCUT2D eigenvalue weighted by Gasteiger charge is 2.61. The molecule has 1 saturated carbocycles. The van der Waals surface area contributed by atoms with Gasteiger partial charge in [0, 0.05) is 26.6 Å². The lowest BCUT2D eigenvalue weighted by Gasteiger charge is -2.30. The van der Waals surface area contributed by atoms with Crippen molar-refractivity contribution >= 4 is 11.8 Å². The first-order valence-electron chi connectivity index (χ1n) is 7.29. The number of rotatable bonds is 3. The molecule has 1 aromatic rings. The summed E-state index contributed by atoms with van der Waals surface area (Å²) in [5.41, 5.74) is 0.470. The molecule has 2 atom stereocenters. The van der Waals surface area contributed by atoms with Gasteiger partial charge in [-0.2, -0.15) is 0 Å². The molecule has 0 aromatic heterocycles. The van der Waals surface area contributed by atoms with Crippen LogP contribution in [-0.2, 0) is 16.1 Å². The first-order valence-corrected chi connectivity index (χ1v) is 7.29. The number of benzene rings is 1. The van der Waals surface area contributed by atoms with Crippen LogP contribution in [0.2, 0.25) is 0 Å². The standard InChI is InChI=1S/C16H19FN2O2/c1-11(20)19-6-5-16(8-13(16)10-19)15(21)18-9-12-3-2-4-14(17)7-12/h2-4,7,13H,5-6,8-10H2,1H3,(H,18,21)/t13-,16+/m1/s1. The van der Waals surface area contributed by atoms with E-state index in [1.165, 1.54) is 12.1 Å². The van der Waals surface area contributed by atoms with E-state index in [1.54, 1.807) is 19.1 Å². The average molecular weight is 290 g/mol. The molecule has 1 N–H and O–H groups in total. The number of nitrogens with one attached hydrogen (secondary N) is 1. The van der Waals surface area contributed by atoms with E-state index in [9.17, 15) is 14.0 Å². The molecule has 2 aliphatic rings. The predicted molar refractivity (Wildman–Crippen MR) is 75.7 cm³/mol. The van der Waals surface area contributed by atoms with Gasteiger partial charge in [0.1, 0.15) is 5.82 Å². The molecule has 5 heteroatoms. The topological polar surface area (TPSA) is 49.4 Å². The first kappa shape index (κ1) is 14.0. The van der Waals surface area contributed by atoms with Crippen molar-refractivity contribution in [2.24, 2.45) is 11.3 Å². The van der Waals surface area contributed by atoms with E-state index in [-0.39, 0.29) is 29.0 Å². The highest BCUT2D eigenvalue weighted by atomic mass is 19.1. The Morgan fingerprint density at radius 1 is 1.48 bits per heavy atom. The summed E-state index contributed by atoms with van der Waals surface area (Å²) >= 11 is 0. The SMILES string of the molecule is CC(=O)N1CC[C@]2(C(=O)NCc3cccc(F)c3)C[C@@H]2C1. The number of nitrogens with zero attached hydrogens (tertiary/aromatic N) is 1. The van der Waals surface area contributed by atoms with Crippen molar-refractivity contribution in [1.29, 1.82) is 0 Å². The molecule has 1 aliphatic heterocycles. The first-order chi connectivity index (χ1) is 10.0. The summed E-state index contributed by atoms with van der Waals surface area (Å²) < 4.78 is 13.1. The van der Waals surface area contributed by atoms with Crippen LogP contribution in [0.15, 0.2) is 24.3 Å². The van der Waals surface area contributed by atoms with Gasteiger partial charge in [0.15, 0.2) is 0 Å². The Hall–Kier alpha value is -1.91. The van der Waals surface area contributed by atoms with Gasteiger partial charge in [-0.15, -0.1) is 0 Å². The summed E-state index contributed by atoms with van der Waals surface area (Å²) in [4.78, 5) is 25.6. The molecule has 0 bridgehead atoms. The minimum Gasteiger partial charge on any atom is -0.352 e. The Labute approximate surface area is 123 Å². The highest BCUT2D eigenvalue weighted by molar-refractivity contribution is 5.86. The third-order valence-electron chi connectivity index (χ3n) is 4.74. The molecule has 1 saturated heterocycles. The van der Waals surface area contributed by atoms with Gasteiger partial charge in [0.25, 0.3) is 0 Å². The Bertz CT molecular complexity index is 589. The van der Waals surface area contributed by atoms with Crippen LogP contribution in [0.25, 0.3) is 0 Å². The number of carbonyl (C=O) groups is 2. The van der Waals surface area contributed by atoms with Crippen LogP contribution in [-0.4, -0.2) is 29.8 Å². The maximum absolute atomic E-state index is 13.1. The Kier molecular flexibility index (Phi) is 3.43. The molecule has 1 aliphatic carbocycles.